The van der Waals surface area contributed by atoms with Gasteiger partial charge in [-0.15, -0.1) is 0 Å². The summed E-state index contributed by atoms with van der Waals surface area (Å²) in [5.41, 5.74) is 1.14. The Labute approximate surface area is 121 Å². The van der Waals surface area contributed by atoms with Crippen molar-refractivity contribution in [3.63, 3.8) is 0 Å². The molecule has 3 rings (SSSR count). The molecular weight excluding hydrogens is 250 g/mol. The fourth-order valence-corrected chi connectivity index (χ4v) is 3.15. The van der Waals surface area contributed by atoms with Crippen molar-refractivity contribution >= 4 is 0 Å². The van der Waals surface area contributed by atoms with E-state index in [1.165, 1.54) is 31.2 Å². The first kappa shape index (κ1) is 13.9. The largest absolute Gasteiger partial charge is 0.490 e. The molecule has 1 heterocycles. The van der Waals surface area contributed by atoms with Crippen LogP contribution in [-0.4, -0.2) is 25.4 Å². The summed E-state index contributed by atoms with van der Waals surface area (Å²) < 4.78 is 12.0. The molecule has 1 aromatic carbocycles. The van der Waals surface area contributed by atoms with Crippen LogP contribution < -0.4 is 10.1 Å². The lowest BCUT2D eigenvalue weighted by atomic mass is 9.84. The Balaban J connectivity index is 1.80. The summed E-state index contributed by atoms with van der Waals surface area (Å²) in [6, 6.07) is 8.69. The first-order chi connectivity index (χ1) is 9.71. The summed E-state index contributed by atoms with van der Waals surface area (Å²) in [7, 11) is 2.02. The van der Waals surface area contributed by atoms with Gasteiger partial charge in [0.1, 0.15) is 5.75 Å². The predicted molar refractivity (Wildman–Crippen MR) is 80.1 cm³/mol. The van der Waals surface area contributed by atoms with Crippen LogP contribution in [0.25, 0.3) is 0 Å². The smallest absolute Gasteiger partial charge is 0.120 e. The van der Waals surface area contributed by atoms with Crippen LogP contribution in [0, 0.1) is 0 Å². The zero-order valence-electron chi connectivity index (χ0n) is 12.5. The third-order valence-electron chi connectivity index (χ3n) is 4.42. The fourth-order valence-electron chi connectivity index (χ4n) is 3.15. The van der Waals surface area contributed by atoms with Crippen molar-refractivity contribution < 1.29 is 9.47 Å². The lowest BCUT2D eigenvalue weighted by Gasteiger charge is -2.40. The maximum atomic E-state index is 6.10. The highest BCUT2D eigenvalue weighted by Crippen LogP contribution is 2.37. The normalized spacial score (nSPS) is 28.1. The lowest BCUT2D eigenvalue weighted by molar-refractivity contribution is -0.0884. The molecule has 2 atom stereocenters. The lowest BCUT2D eigenvalue weighted by Crippen LogP contribution is -2.44. The monoisotopic (exact) mass is 275 g/mol. The Morgan fingerprint density at radius 3 is 2.85 bits per heavy atom. The molecule has 2 unspecified atom stereocenters. The van der Waals surface area contributed by atoms with Crippen molar-refractivity contribution in [2.24, 2.45) is 0 Å². The first-order valence-corrected chi connectivity index (χ1v) is 7.79. The Morgan fingerprint density at radius 2 is 2.20 bits per heavy atom. The maximum absolute atomic E-state index is 6.10. The van der Waals surface area contributed by atoms with Gasteiger partial charge in [0.15, 0.2) is 0 Å². The summed E-state index contributed by atoms with van der Waals surface area (Å²) in [6.45, 7) is 3.09. The van der Waals surface area contributed by atoms with Crippen LogP contribution in [0.1, 0.15) is 50.6 Å². The van der Waals surface area contributed by atoms with E-state index in [1.54, 1.807) is 0 Å². The second kappa shape index (κ2) is 5.74. The molecule has 0 aromatic heterocycles. The number of hydrogen-bond acceptors (Lipinski definition) is 3. The zero-order chi connectivity index (χ0) is 14.0. The number of ether oxygens (including phenoxy) is 2. The molecule has 1 aliphatic heterocycles. The van der Waals surface area contributed by atoms with Crippen LogP contribution >= 0.6 is 0 Å². The number of likely N-dealkylation sites (N-methyl/N-ethyl adjacent to an activating group) is 1. The van der Waals surface area contributed by atoms with Crippen molar-refractivity contribution in [2.75, 3.05) is 13.7 Å². The number of benzene rings is 1. The molecule has 0 spiro atoms. The second-order valence-electron chi connectivity index (χ2n) is 6.23. The van der Waals surface area contributed by atoms with Crippen molar-refractivity contribution in [2.45, 2.75) is 56.8 Å². The van der Waals surface area contributed by atoms with Crippen molar-refractivity contribution in [1.29, 1.82) is 0 Å². The van der Waals surface area contributed by atoms with Gasteiger partial charge in [0.25, 0.3) is 0 Å². The van der Waals surface area contributed by atoms with Gasteiger partial charge in [-0.25, -0.2) is 0 Å². The quantitative estimate of drug-likeness (QED) is 0.893. The molecule has 0 radical (unpaired) electrons. The van der Waals surface area contributed by atoms with Crippen LogP contribution in [0.2, 0.25) is 0 Å². The Morgan fingerprint density at radius 1 is 1.35 bits per heavy atom. The van der Waals surface area contributed by atoms with E-state index in [0.717, 1.165) is 18.8 Å². The number of nitrogens with one attached hydrogen (secondary N) is 1. The van der Waals surface area contributed by atoms with E-state index in [0.29, 0.717) is 6.10 Å². The van der Waals surface area contributed by atoms with Crippen molar-refractivity contribution in [1.82, 2.24) is 5.32 Å². The molecule has 20 heavy (non-hydrogen) atoms. The third-order valence-corrected chi connectivity index (χ3v) is 4.42. The third kappa shape index (κ3) is 2.99. The minimum absolute atomic E-state index is 0.120. The van der Waals surface area contributed by atoms with Crippen molar-refractivity contribution in [3.05, 3.63) is 29.8 Å². The van der Waals surface area contributed by atoms with E-state index in [-0.39, 0.29) is 11.6 Å². The molecule has 1 aromatic rings. The highest BCUT2D eigenvalue weighted by molar-refractivity contribution is 5.32. The van der Waals surface area contributed by atoms with Crippen LogP contribution in [0.15, 0.2) is 24.3 Å². The highest BCUT2D eigenvalue weighted by Gasteiger charge is 2.37. The molecule has 2 aliphatic rings. The van der Waals surface area contributed by atoms with Gasteiger partial charge < -0.3 is 14.8 Å². The van der Waals surface area contributed by atoms with E-state index in [9.17, 15) is 0 Å². The van der Waals surface area contributed by atoms with Crippen LogP contribution in [0.5, 0.6) is 5.75 Å². The Kier molecular flexibility index (Phi) is 3.99. The SMILES string of the molecule is CNC(c1cccc(OC2CC2)c1)C1(C)CCCCO1. The highest BCUT2D eigenvalue weighted by atomic mass is 16.5. The topological polar surface area (TPSA) is 30.5 Å². The average molecular weight is 275 g/mol. The van der Waals surface area contributed by atoms with Crippen LogP contribution in [0.4, 0.5) is 0 Å². The molecule has 2 fully saturated rings. The summed E-state index contributed by atoms with van der Waals surface area (Å²) >= 11 is 0. The van der Waals surface area contributed by atoms with E-state index in [4.69, 9.17) is 9.47 Å². The van der Waals surface area contributed by atoms with E-state index in [2.05, 4.69) is 36.5 Å². The van der Waals surface area contributed by atoms with Gasteiger partial charge >= 0.3 is 0 Å². The van der Waals surface area contributed by atoms with E-state index in [1.807, 2.05) is 7.05 Å². The molecule has 0 bridgehead atoms. The first-order valence-electron chi connectivity index (χ1n) is 7.79. The average Bonchev–Trinajstić information content (AvgIpc) is 3.24. The Hall–Kier alpha value is -1.06. The zero-order valence-corrected chi connectivity index (χ0v) is 12.5. The fraction of sp³-hybridized carbons (Fsp3) is 0.647. The van der Waals surface area contributed by atoms with Crippen LogP contribution in [-0.2, 0) is 4.74 Å². The van der Waals surface area contributed by atoms with Crippen LogP contribution in [0.3, 0.4) is 0 Å². The van der Waals surface area contributed by atoms with E-state index >= 15 is 0 Å². The molecule has 110 valence electrons. The molecule has 1 saturated heterocycles. The van der Waals surface area contributed by atoms with Crippen molar-refractivity contribution in [3.8, 4) is 5.75 Å². The van der Waals surface area contributed by atoms with Gasteiger partial charge in [-0.3, -0.25) is 0 Å². The van der Waals surface area contributed by atoms with Gasteiger partial charge in [0.2, 0.25) is 0 Å². The maximum Gasteiger partial charge on any atom is 0.120 e. The molecule has 1 saturated carbocycles. The number of hydrogen-bond donors (Lipinski definition) is 1. The molecular formula is C17H25NO2. The minimum Gasteiger partial charge on any atom is -0.490 e. The summed E-state index contributed by atoms with van der Waals surface area (Å²) in [5, 5.41) is 3.44. The molecule has 0 amide bonds. The standard InChI is InChI=1S/C17H25NO2/c1-17(10-3-4-11-19-17)16(18-2)13-6-5-7-15(12-13)20-14-8-9-14/h5-7,12,14,16,18H,3-4,8-11H2,1-2H3. The van der Waals surface area contributed by atoms with Gasteiger partial charge in [0, 0.05) is 6.61 Å². The van der Waals surface area contributed by atoms with Gasteiger partial charge in [-0.1, -0.05) is 12.1 Å². The molecule has 1 aliphatic carbocycles. The molecule has 3 nitrogen and oxygen atoms in total. The summed E-state index contributed by atoms with van der Waals surface area (Å²) in [4.78, 5) is 0. The van der Waals surface area contributed by atoms with Gasteiger partial charge in [0.05, 0.1) is 17.7 Å². The summed E-state index contributed by atoms with van der Waals surface area (Å²) in [5.74, 6) is 0.990. The minimum atomic E-state index is -0.120. The molecule has 3 heteroatoms. The Bertz CT molecular complexity index is 450. The molecule has 1 N–H and O–H groups in total. The second-order valence-corrected chi connectivity index (χ2v) is 6.23. The van der Waals surface area contributed by atoms with Gasteiger partial charge in [-0.05, 0) is 63.8 Å². The van der Waals surface area contributed by atoms with E-state index < -0.39 is 0 Å². The predicted octanol–water partition coefficient (Wildman–Crippen LogP) is 3.45. The number of rotatable bonds is 5. The summed E-state index contributed by atoms with van der Waals surface area (Å²) in [6.07, 6.45) is 6.36. The van der Waals surface area contributed by atoms with Gasteiger partial charge in [-0.2, -0.15) is 0 Å².